The summed E-state index contributed by atoms with van der Waals surface area (Å²) in [6.07, 6.45) is 3.23. The van der Waals surface area contributed by atoms with E-state index in [1.165, 1.54) is 25.0 Å². The summed E-state index contributed by atoms with van der Waals surface area (Å²) in [5, 5.41) is 0. The molecule has 1 saturated carbocycles. The van der Waals surface area contributed by atoms with Crippen molar-refractivity contribution in [1.82, 2.24) is 5.43 Å². The van der Waals surface area contributed by atoms with Gasteiger partial charge in [0, 0.05) is 12.1 Å². The molecule has 0 saturated heterocycles. The van der Waals surface area contributed by atoms with E-state index in [9.17, 15) is 8.78 Å². The summed E-state index contributed by atoms with van der Waals surface area (Å²) in [7, 11) is 0. The number of benzene rings is 1. The second-order valence-electron chi connectivity index (χ2n) is 4.10. The summed E-state index contributed by atoms with van der Waals surface area (Å²) >= 11 is 0. The molecule has 2 rings (SSSR count). The van der Waals surface area contributed by atoms with Crippen LogP contribution in [0.5, 0.6) is 0 Å². The highest BCUT2D eigenvalue weighted by molar-refractivity contribution is 5.21. The molecule has 0 bridgehead atoms. The van der Waals surface area contributed by atoms with Gasteiger partial charge < -0.3 is 0 Å². The largest absolute Gasteiger partial charge is 0.271 e. The van der Waals surface area contributed by atoms with Crippen LogP contribution in [0.1, 0.15) is 30.9 Å². The van der Waals surface area contributed by atoms with Crippen LogP contribution in [0.25, 0.3) is 0 Å². The smallest absolute Gasteiger partial charge is 0.126 e. The first kappa shape index (κ1) is 10.5. The molecule has 4 heteroatoms. The van der Waals surface area contributed by atoms with Crippen molar-refractivity contribution in [2.45, 2.75) is 25.3 Å². The summed E-state index contributed by atoms with van der Waals surface area (Å²) in [6.45, 7) is 0. The average Bonchev–Trinajstić information content (AvgIpc) is 2.96. The van der Waals surface area contributed by atoms with E-state index in [0.717, 1.165) is 12.5 Å². The molecular formula is C11H14F2N2. The van der Waals surface area contributed by atoms with Crippen molar-refractivity contribution in [3.05, 3.63) is 35.4 Å². The third-order valence-electron chi connectivity index (χ3n) is 2.75. The zero-order chi connectivity index (χ0) is 10.8. The maximum atomic E-state index is 13.0. The molecular weight excluding hydrogens is 198 g/mol. The van der Waals surface area contributed by atoms with E-state index >= 15 is 0 Å². The minimum absolute atomic E-state index is 0.150. The van der Waals surface area contributed by atoms with Crippen molar-refractivity contribution in [3.63, 3.8) is 0 Å². The number of nitrogens with two attached hydrogens (primary N) is 1. The molecule has 0 amide bonds. The minimum atomic E-state index is -0.555. The number of halogens is 2. The van der Waals surface area contributed by atoms with E-state index in [1.807, 2.05) is 0 Å². The lowest BCUT2D eigenvalue weighted by Crippen LogP contribution is -2.28. The van der Waals surface area contributed by atoms with Crippen LogP contribution >= 0.6 is 0 Å². The first-order valence-electron chi connectivity index (χ1n) is 5.11. The predicted molar refractivity (Wildman–Crippen MR) is 53.8 cm³/mol. The molecule has 0 aliphatic heterocycles. The summed E-state index contributed by atoms with van der Waals surface area (Å²) in [4.78, 5) is 0. The average molecular weight is 212 g/mol. The van der Waals surface area contributed by atoms with Crippen LogP contribution in [0.15, 0.2) is 18.2 Å². The maximum Gasteiger partial charge on any atom is 0.126 e. The van der Waals surface area contributed by atoms with Gasteiger partial charge in [-0.2, -0.15) is 0 Å². The van der Waals surface area contributed by atoms with Crippen LogP contribution in [-0.2, 0) is 0 Å². The Hall–Kier alpha value is -1.00. The molecule has 0 aromatic heterocycles. The van der Waals surface area contributed by atoms with Crippen LogP contribution in [0.3, 0.4) is 0 Å². The van der Waals surface area contributed by atoms with Gasteiger partial charge in [0.25, 0.3) is 0 Å². The van der Waals surface area contributed by atoms with Crippen LogP contribution < -0.4 is 11.3 Å². The Kier molecular flexibility index (Phi) is 2.98. The van der Waals surface area contributed by atoms with E-state index in [2.05, 4.69) is 5.43 Å². The molecule has 1 atom stereocenters. The molecule has 82 valence electrons. The molecule has 1 aliphatic carbocycles. The van der Waals surface area contributed by atoms with Gasteiger partial charge in [-0.05, 0) is 30.0 Å². The predicted octanol–water partition coefficient (Wildman–Crippen LogP) is 2.27. The van der Waals surface area contributed by atoms with Gasteiger partial charge in [-0.25, -0.2) is 8.78 Å². The number of hydrazine groups is 1. The van der Waals surface area contributed by atoms with Crippen LogP contribution in [0.4, 0.5) is 8.78 Å². The fourth-order valence-corrected chi connectivity index (χ4v) is 1.76. The third kappa shape index (κ3) is 2.73. The van der Waals surface area contributed by atoms with Gasteiger partial charge in [0.1, 0.15) is 11.6 Å². The molecule has 3 N–H and O–H groups in total. The van der Waals surface area contributed by atoms with Crippen LogP contribution in [-0.4, -0.2) is 0 Å². The topological polar surface area (TPSA) is 38.0 Å². The Morgan fingerprint density at radius 1 is 1.27 bits per heavy atom. The lowest BCUT2D eigenvalue weighted by molar-refractivity contribution is 0.479. The standard InChI is InChI=1S/C11H14F2N2/c12-9-4-8(5-10(13)6-9)11(15-14)3-7-1-2-7/h4-7,11,15H,1-3,14H2. The molecule has 0 radical (unpaired) electrons. The van der Waals surface area contributed by atoms with Crippen LogP contribution in [0.2, 0.25) is 0 Å². The molecule has 2 nitrogen and oxygen atoms in total. The Morgan fingerprint density at radius 2 is 1.87 bits per heavy atom. The normalized spacial score (nSPS) is 17.8. The molecule has 15 heavy (non-hydrogen) atoms. The quantitative estimate of drug-likeness (QED) is 0.593. The van der Waals surface area contributed by atoms with Crippen molar-refractivity contribution in [1.29, 1.82) is 0 Å². The molecule has 0 spiro atoms. The molecule has 1 aromatic rings. The fourth-order valence-electron chi connectivity index (χ4n) is 1.76. The molecule has 1 aromatic carbocycles. The van der Waals surface area contributed by atoms with Crippen molar-refractivity contribution in [3.8, 4) is 0 Å². The minimum Gasteiger partial charge on any atom is -0.271 e. The Morgan fingerprint density at radius 3 is 2.33 bits per heavy atom. The number of hydrogen-bond acceptors (Lipinski definition) is 2. The Labute approximate surface area is 87.4 Å². The second-order valence-corrected chi connectivity index (χ2v) is 4.10. The zero-order valence-electron chi connectivity index (χ0n) is 8.34. The zero-order valence-corrected chi connectivity index (χ0v) is 8.34. The SMILES string of the molecule is NNC(CC1CC1)c1cc(F)cc(F)c1. The van der Waals surface area contributed by atoms with Gasteiger partial charge in [-0.15, -0.1) is 0 Å². The lowest BCUT2D eigenvalue weighted by atomic mass is 10.0. The number of nitrogens with one attached hydrogen (secondary N) is 1. The number of hydrogen-bond donors (Lipinski definition) is 2. The van der Waals surface area contributed by atoms with E-state index < -0.39 is 11.6 Å². The van der Waals surface area contributed by atoms with Gasteiger partial charge >= 0.3 is 0 Å². The summed E-state index contributed by atoms with van der Waals surface area (Å²) < 4.78 is 25.9. The van der Waals surface area contributed by atoms with Gasteiger partial charge in [-0.3, -0.25) is 11.3 Å². The van der Waals surface area contributed by atoms with Gasteiger partial charge in [0.2, 0.25) is 0 Å². The van der Waals surface area contributed by atoms with Gasteiger partial charge in [0.05, 0.1) is 0 Å². The lowest BCUT2D eigenvalue weighted by Gasteiger charge is -2.16. The van der Waals surface area contributed by atoms with Crippen LogP contribution in [0, 0.1) is 17.6 Å². The van der Waals surface area contributed by atoms with E-state index in [1.54, 1.807) is 0 Å². The van der Waals surface area contributed by atoms with Crippen molar-refractivity contribution < 1.29 is 8.78 Å². The van der Waals surface area contributed by atoms with Crippen molar-refractivity contribution in [2.75, 3.05) is 0 Å². The highest BCUT2D eigenvalue weighted by Crippen LogP contribution is 2.37. The first-order valence-corrected chi connectivity index (χ1v) is 5.11. The fraction of sp³-hybridized carbons (Fsp3) is 0.455. The van der Waals surface area contributed by atoms with Crippen molar-refractivity contribution >= 4 is 0 Å². The molecule has 0 heterocycles. The van der Waals surface area contributed by atoms with E-state index in [-0.39, 0.29) is 6.04 Å². The summed E-state index contributed by atoms with van der Waals surface area (Å²) in [5.41, 5.74) is 3.20. The van der Waals surface area contributed by atoms with Gasteiger partial charge in [-0.1, -0.05) is 12.8 Å². The summed E-state index contributed by atoms with van der Waals surface area (Å²) in [5.74, 6) is 4.93. The Balaban J connectivity index is 2.16. The number of rotatable bonds is 4. The van der Waals surface area contributed by atoms with Crippen molar-refractivity contribution in [2.24, 2.45) is 11.8 Å². The molecule has 1 aliphatic rings. The van der Waals surface area contributed by atoms with Gasteiger partial charge in [0.15, 0.2) is 0 Å². The third-order valence-corrected chi connectivity index (χ3v) is 2.75. The summed E-state index contributed by atoms with van der Waals surface area (Å²) in [6, 6.07) is 3.38. The molecule has 1 fully saturated rings. The van der Waals surface area contributed by atoms with E-state index in [4.69, 9.17) is 5.84 Å². The highest BCUT2D eigenvalue weighted by Gasteiger charge is 2.26. The monoisotopic (exact) mass is 212 g/mol. The highest BCUT2D eigenvalue weighted by atomic mass is 19.1. The first-order chi connectivity index (χ1) is 7.19. The maximum absolute atomic E-state index is 13.0. The molecule has 1 unspecified atom stereocenters. The second kappa shape index (κ2) is 4.24. The Bertz CT molecular complexity index is 330. The van der Waals surface area contributed by atoms with E-state index in [0.29, 0.717) is 11.5 Å².